The van der Waals surface area contributed by atoms with Gasteiger partial charge in [-0.25, -0.2) is 0 Å². The zero-order valence-electron chi connectivity index (χ0n) is 18.0. The number of amides is 1. The highest BCUT2D eigenvalue weighted by Gasteiger charge is 2.64. The van der Waals surface area contributed by atoms with Crippen molar-refractivity contribution in [2.24, 2.45) is 23.3 Å². The minimum absolute atomic E-state index is 0.0165. The van der Waals surface area contributed by atoms with E-state index < -0.39 is 69.5 Å². The number of aliphatic hydroxyl groups is 3. The maximum Gasteiger partial charge on any atom is 0.255 e. The standard InChI is InChI=1S/C22H25N3O8/c1-25(2)15-10-4-7-3-9-8(6-23)5-11(26)16(27)13(9)17(28)12(7)19(30)22(10,33)20(31)14(18(15)29)21(24)32/h5,7,10,15,26-28,31,33H,3-4,6,23H2,1-2H3,(H2,24,32)/t7-,10-,15-,22-/m0/s1. The van der Waals surface area contributed by atoms with Gasteiger partial charge in [-0.05, 0) is 50.0 Å². The molecule has 0 unspecified atom stereocenters. The molecule has 11 heteroatoms. The third-order valence-corrected chi connectivity index (χ3v) is 7.01. The van der Waals surface area contributed by atoms with Crippen LogP contribution in [-0.2, 0) is 27.3 Å². The molecule has 3 aliphatic carbocycles. The van der Waals surface area contributed by atoms with Gasteiger partial charge in [0, 0.05) is 18.0 Å². The Bertz CT molecular complexity index is 1180. The number of nitrogens with two attached hydrogens (primary N) is 2. The van der Waals surface area contributed by atoms with Gasteiger partial charge in [0.1, 0.15) is 17.1 Å². The van der Waals surface area contributed by atoms with Gasteiger partial charge in [-0.1, -0.05) is 0 Å². The summed E-state index contributed by atoms with van der Waals surface area (Å²) in [6, 6.07) is 0.123. The Morgan fingerprint density at radius 1 is 1.21 bits per heavy atom. The van der Waals surface area contributed by atoms with Gasteiger partial charge in [-0.3, -0.25) is 19.3 Å². The van der Waals surface area contributed by atoms with Crippen LogP contribution in [0, 0.1) is 11.8 Å². The highest BCUT2D eigenvalue weighted by Crippen LogP contribution is 2.53. The maximum absolute atomic E-state index is 13.6. The monoisotopic (exact) mass is 459 g/mol. The number of Topliss-reactive ketones (excluding diaryl/α,β-unsaturated/α-hetero) is 2. The summed E-state index contributed by atoms with van der Waals surface area (Å²) in [6.45, 7) is -0.0167. The van der Waals surface area contributed by atoms with Gasteiger partial charge in [0.25, 0.3) is 5.91 Å². The molecule has 1 aromatic carbocycles. The number of aromatic hydroxyl groups is 2. The molecule has 0 aliphatic heterocycles. The van der Waals surface area contributed by atoms with Crippen molar-refractivity contribution in [3.63, 3.8) is 0 Å². The van der Waals surface area contributed by atoms with Gasteiger partial charge in [-0.15, -0.1) is 0 Å². The molecule has 1 saturated carbocycles. The van der Waals surface area contributed by atoms with Gasteiger partial charge in [0.2, 0.25) is 5.78 Å². The molecule has 9 N–H and O–H groups in total. The molecule has 4 rings (SSSR count). The first-order valence-electron chi connectivity index (χ1n) is 10.3. The van der Waals surface area contributed by atoms with Gasteiger partial charge in [-0.2, -0.15) is 0 Å². The number of carbonyl (C=O) groups excluding carboxylic acids is 3. The number of fused-ring (bicyclic) bond motifs is 3. The lowest BCUT2D eigenvalue weighted by Gasteiger charge is -2.50. The van der Waals surface area contributed by atoms with Crippen LogP contribution in [0.4, 0.5) is 0 Å². The first-order chi connectivity index (χ1) is 15.4. The van der Waals surface area contributed by atoms with E-state index in [-0.39, 0.29) is 30.5 Å². The van der Waals surface area contributed by atoms with Gasteiger partial charge in [0.05, 0.1) is 11.6 Å². The van der Waals surface area contributed by atoms with Gasteiger partial charge >= 0.3 is 0 Å². The predicted octanol–water partition coefficient (Wildman–Crippen LogP) is -0.872. The van der Waals surface area contributed by atoms with E-state index in [0.717, 1.165) is 0 Å². The summed E-state index contributed by atoms with van der Waals surface area (Å²) in [5.74, 6) is -8.09. The first-order valence-corrected chi connectivity index (χ1v) is 10.3. The second kappa shape index (κ2) is 7.30. The fourth-order valence-corrected chi connectivity index (χ4v) is 5.55. The number of phenolic OH excluding ortho intramolecular Hbond substituents is 2. The molecule has 0 spiro atoms. The largest absolute Gasteiger partial charge is 0.508 e. The van der Waals surface area contributed by atoms with Crippen molar-refractivity contribution in [1.29, 1.82) is 0 Å². The Morgan fingerprint density at radius 2 is 1.85 bits per heavy atom. The number of phenols is 2. The van der Waals surface area contributed by atoms with Crippen molar-refractivity contribution in [3.05, 3.63) is 39.7 Å². The van der Waals surface area contributed by atoms with Crippen LogP contribution in [-0.4, -0.2) is 73.6 Å². The molecule has 33 heavy (non-hydrogen) atoms. The van der Waals surface area contributed by atoms with Crippen molar-refractivity contribution >= 4 is 23.2 Å². The molecule has 0 radical (unpaired) electrons. The third kappa shape index (κ3) is 2.82. The fraction of sp³-hybridized carbons (Fsp3) is 0.409. The molecule has 3 aliphatic rings. The van der Waals surface area contributed by atoms with E-state index in [1.807, 2.05) is 0 Å². The number of carbonyl (C=O) groups is 3. The van der Waals surface area contributed by atoms with E-state index in [4.69, 9.17) is 11.5 Å². The van der Waals surface area contributed by atoms with Crippen LogP contribution in [0.15, 0.2) is 23.0 Å². The Labute approximate surface area is 188 Å². The highest BCUT2D eigenvalue weighted by molar-refractivity contribution is 6.24. The lowest BCUT2D eigenvalue weighted by atomic mass is 9.57. The second-order valence-electron chi connectivity index (χ2n) is 8.92. The zero-order valence-corrected chi connectivity index (χ0v) is 18.0. The summed E-state index contributed by atoms with van der Waals surface area (Å²) < 4.78 is 0. The molecule has 11 nitrogen and oxygen atoms in total. The lowest BCUT2D eigenvalue weighted by molar-refractivity contribution is -0.153. The summed E-state index contributed by atoms with van der Waals surface area (Å²) in [5, 5.41) is 53.7. The fourth-order valence-electron chi connectivity index (χ4n) is 5.55. The number of hydrogen-bond donors (Lipinski definition) is 7. The summed E-state index contributed by atoms with van der Waals surface area (Å²) >= 11 is 0. The second-order valence-corrected chi connectivity index (χ2v) is 8.92. The minimum atomic E-state index is -2.70. The number of likely N-dealkylation sites (N-methyl/N-ethyl adjacent to an activating group) is 1. The van der Waals surface area contributed by atoms with Crippen LogP contribution in [0.2, 0.25) is 0 Å². The molecular formula is C22H25N3O8. The highest BCUT2D eigenvalue weighted by atomic mass is 16.3. The summed E-state index contributed by atoms with van der Waals surface area (Å²) in [6.07, 6.45) is 0.103. The molecule has 1 aromatic rings. The van der Waals surface area contributed by atoms with E-state index >= 15 is 0 Å². The predicted molar refractivity (Wildman–Crippen MR) is 114 cm³/mol. The molecular weight excluding hydrogens is 434 g/mol. The molecule has 0 heterocycles. The molecule has 0 saturated heterocycles. The van der Waals surface area contributed by atoms with Crippen molar-refractivity contribution in [2.45, 2.75) is 31.0 Å². The average Bonchev–Trinajstić information content (AvgIpc) is 2.72. The van der Waals surface area contributed by atoms with E-state index in [0.29, 0.717) is 11.1 Å². The number of hydrogen-bond acceptors (Lipinski definition) is 10. The summed E-state index contributed by atoms with van der Waals surface area (Å²) in [5.41, 5.74) is 7.87. The van der Waals surface area contributed by atoms with E-state index in [2.05, 4.69) is 0 Å². The van der Waals surface area contributed by atoms with Crippen LogP contribution < -0.4 is 11.5 Å². The lowest BCUT2D eigenvalue weighted by Crippen LogP contribution is -2.65. The Morgan fingerprint density at radius 3 is 2.39 bits per heavy atom. The van der Waals surface area contributed by atoms with Crippen molar-refractivity contribution < 1.29 is 39.9 Å². The van der Waals surface area contributed by atoms with Crippen LogP contribution in [0.5, 0.6) is 11.5 Å². The summed E-state index contributed by atoms with van der Waals surface area (Å²) in [4.78, 5) is 40.0. The Balaban J connectivity index is 2.00. The number of benzene rings is 1. The number of rotatable bonds is 3. The number of ketones is 2. The molecule has 4 atom stereocenters. The van der Waals surface area contributed by atoms with Crippen LogP contribution in [0.1, 0.15) is 23.1 Å². The zero-order chi connectivity index (χ0) is 24.6. The van der Waals surface area contributed by atoms with Crippen molar-refractivity contribution in [2.75, 3.05) is 14.1 Å². The van der Waals surface area contributed by atoms with E-state index in [1.165, 1.54) is 25.1 Å². The molecule has 1 fully saturated rings. The Hall–Kier alpha value is -3.41. The average molecular weight is 459 g/mol. The number of primary amides is 1. The first kappa shape index (κ1) is 22.8. The number of nitrogens with zero attached hydrogens (tertiary/aromatic N) is 1. The topological polar surface area (TPSA) is 208 Å². The van der Waals surface area contributed by atoms with Crippen LogP contribution in [0.25, 0.3) is 5.76 Å². The smallest absolute Gasteiger partial charge is 0.255 e. The SMILES string of the molecule is CN(C)[C@@H]1C(=O)C(C(N)=O)=C(O)[C@@]2(O)C(=O)C3=C(O)c4c(O)c(O)cc(CN)c4C[C@H]3C[C@@H]12. The van der Waals surface area contributed by atoms with Crippen LogP contribution in [0.3, 0.4) is 0 Å². The van der Waals surface area contributed by atoms with Crippen LogP contribution >= 0.6 is 0 Å². The van der Waals surface area contributed by atoms with E-state index in [1.54, 1.807) is 0 Å². The Kier molecular flexibility index (Phi) is 5.04. The van der Waals surface area contributed by atoms with Crippen molar-refractivity contribution in [3.8, 4) is 11.5 Å². The number of aliphatic hydroxyl groups excluding tert-OH is 2. The molecule has 0 aromatic heterocycles. The normalized spacial score (nSPS) is 29.2. The van der Waals surface area contributed by atoms with Gasteiger partial charge < -0.3 is 37.0 Å². The van der Waals surface area contributed by atoms with E-state index in [9.17, 15) is 39.9 Å². The third-order valence-electron chi connectivity index (χ3n) is 7.01. The van der Waals surface area contributed by atoms with Crippen molar-refractivity contribution in [1.82, 2.24) is 4.90 Å². The van der Waals surface area contributed by atoms with Gasteiger partial charge in [0.15, 0.2) is 22.9 Å². The molecule has 1 amide bonds. The molecule has 176 valence electrons. The maximum atomic E-state index is 13.6. The molecule has 0 bridgehead atoms. The minimum Gasteiger partial charge on any atom is -0.508 e. The summed E-state index contributed by atoms with van der Waals surface area (Å²) in [7, 11) is 3.06. The quantitative estimate of drug-likeness (QED) is 0.219.